The van der Waals surface area contributed by atoms with E-state index in [0.717, 1.165) is 60.8 Å². The van der Waals surface area contributed by atoms with Crippen LogP contribution in [0.25, 0.3) is 0 Å². The highest BCUT2D eigenvalue weighted by molar-refractivity contribution is 7.13. The second-order valence-corrected chi connectivity index (χ2v) is 7.07. The third-order valence-corrected chi connectivity index (χ3v) is 4.87. The van der Waals surface area contributed by atoms with Crippen molar-refractivity contribution in [2.45, 2.75) is 32.2 Å². The fourth-order valence-corrected chi connectivity index (χ4v) is 3.63. The van der Waals surface area contributed by atoms with Crippen LogP contribution >= 0.6 is 11.3 Å². The van der Waals surface area contributed by atoms with Gasteiger partial charge in [-0.2, -0.15) is 0 Å². The molecule has 1 unspecified atom stereocenters. The number of anilines is 2. The predicted molar refractivity (Wildman–Crippen MR) is 95.8 cm³/mol. The lowest BCUT2D eigenvalue weighted by atomic mass is 9.97. The van der Waals surface area contributed by atoms with Crippen LogP contribution in [0.3, 0.4) is 0 Å². The highest BCUT2D eigenvalue weighted by Crippen LogP contribution is 2.27. The second kappa shape index (κ2) is 7.24. The average molecular weight is 356 g/mol. The Kier molecular flexibility index (Phi) is 4.66. The lowest BCUT2D eigenvalue weighted by Crippen LogP contribution is -2.35. The van der Waals surface area contributed by atoms with Crippen molar-refractivity contribution in [3.05, 3.63) is 41.3 Å². The molecule has 0 saturated carbocycles. The molecule has 8 nitrogen and oxygen atoms in total. The molecule has 2 N–H and O–H groups in total. The van der Waals surface area contributed by atoms with Gasteiger partial charge in [0, 0.05) is 36.6 Å². The molecular weight excluding hydrogens is 336 g/mol. The lowest BCUT2D eigenvalue weighted by Gasteiger charge is -2.31. The molecule has 1 aliphatic heterocycles. The maximum atomic E-state index is 4.73. The molecule has 4 rings (SSSR count). The Morgan fingerprint density at radius 2 is 2.36 bits per heavy atom. The van der Waals surface area contributed by atoms with Crippen molar-refractivity contribution >= 4 is 22.3 Å². The summed E-state index contributed by atoms with van der Waals surface area (Å²) in [6.07, 6.45) is 5.91. The molecule has 3 aromatic rings. The largest absolute Gasteiger partial charge is 0.348 e. The molecule has 3 aromatic heterocycles. The van der Waals surface area contributed by atoms with Gasteiger partial charge in [-0.05, 0) is 26.3 Å². The minimum Gasteiger partial charge on any atom is -0.348 e. The molecule has 0 amide bonds. The number of imidazole rings is 1. The summed E-state index contributed by atoms with van der Waals surface area (Å²) in [4.78, 5) is 19.3. The van der Waals surface area contributed by atoms with Gasteiger partial charge in [0.1, 0.15) is 23.0 Å². The molecule has 130 valence electrons. The van der Waals surface area contributed by atoms with Crippen LogP contribution in [0, 0.1) is 6.92 Å². The summed E-state index contributed by atoms with van der Waals surface area (Å²) in [5.74, 6) is 3.02. The number of nitrogens with one attached hydrogen (secondary N) is 2. The average Bonchev–Trinajstić information content (AvgIpc) is 3.29. The minimum absolute atomic E-state index is 0.332. The predicted octanol–water partition coefficient (Wildman–Crippen LogP) is 2.48. The number of rotatable bonds is 5. The van der Waals surface area contributed by atoms with E-state index < -0.39 is 0 Å². The molecule has 0 bridgehead atoms. The summed E-state index contributed by atoms with van der Waals surface area (Å²) in [7, 11) is 0. The van der Waals surface area contributed by atoms with E-state index in [2.05, 4.69) is 35.4 Å². The van der Waals surface area contributed by atoms with Crippen LogP contribution in [0.5, 0.6) is 0 Å². The molecule has 0 aromatic carbocycles. The first-order valence-electron chi connectivity index (χ1n) is 8.35. The number of hydrogen-bond donors (Lipinski definition) is 2. The van der Waals surface area contributed by atoms with Crippen LogP contribution < -0.4 is 5.32 Å². The number of H-pyrrole nitrogens is 1. The first-order valence-corrected chi connectivity index (χ1v) is 9.23. The third kappa shape index (κ3) is 3.99. The van der Waals surface area contributed by atoms with Crippen LogP contribution in [0.15, 0.2) is 24.0 Å². The van der Waals surface area contributed by atoms with E-state index >= 15 is 0 Å². The van der Waals surface area contributed by atoms with Gasteiger partial charge in [0.05, 0.1) is 6.54 Å². The molecular formula is C16H20N8S. The molecule has 1 atom stereocenters. The highest BCUT2D eigenvalue weighted by Gasteiger charge is 2.24. The Labute approximate surface area is 149 Å². The fraction of sp³-hybridized carbons (Fsp3) is 0.438. The van der Waals surface area contributed by atoms with Crippen LogP contribution in [-0.4, -0.2) is 48.1 Å². The van der Waals surface area contributed by atoms with Gasteiger partial charge in [-0.25, -0.2) is 15.0 Å². The SMILES string of the molecule is Cc1cc(Nc2nncs2)nc(C2CCCN(Cc3ncc[nH]3)C2)n1. The van der Waals surface area contributed by atoms with Gasteiger partial charge in [-0.1, -0.05) is 11.3 Å². The first kappa shape index (κ1) is 16.1. The molecule has 0 radical (unpaired) electrons. The van der Waals surface area contributed by atoms with Gasteiger partial charge in [0.15, 0.2) is 0 Å². The number of nitrogens with zero attached hydrogens (tertiary/aromatic N) is 6. The summed E-state index contributed by atoms with van der Waals surface area (Å²) in [5.41, 5.74) is 2.66. The summed E-state index contributed by atoms with van der Waals surface area (Å²) in [6.45, 7) is 4.87. The molecule has 0 spiro atoms. The van der Waals surface area contributed by atoms with E-state index in [1.807, 2.05) is 19.2 Å². The molecule has 0 aliphatic carbocycles. The number of piperidine rings is 1. The zero-order valence-corrected chi connectivity index (χ0v) is 14.8. The van der Waals surface area contributed by atoms with E-state index in [1.54, 1.807) is 11.7 Å². The number of aromatic amines is 1. The van der Waals surface area contributed by atoms with Crippen LogP contribution in [0.1, 0.15) is 36.1 Å². The smallest absolute Gasteiger partial charge is 0.210 e. The van der Waals surface area contributed by atoms with Crippen molar-refractivity contribution in [1.29, 1.82) is 0 Å². The van der Waals surface area contributed by atoms with Gasteiger partial charge >= 0.3 is 0 Å². The summed E-state index contributed by atoms with van der Waals surface area (Å²) < 4.78 is 0. The molecule has 9 heteroatoms. The molecule has 4 heterocycles. The number of aryl methyl sites for hydroxylation is 1. The van der Waals surface area contributed by atoms with E-state index in [0.29, 0.717) is 5.92 Å². The van der Waals surface area contributed by atoms with Gasteiger partial charge < -0.3 is 10.3 Å². The molecule has 25 heavy (non-hydrogen) atoms. The lowest BCUT2D eigenvalue weighted by molar-refractivity contribution is 0.192. The van der Waals surface area contributed by atoms with Crippen molar-refractivity contribution < 1.29 is 0 Å². The van der Waals surface area contributed by atoms with E-state index in [-0.39, 0.29) is 0 Å². The monoisotopic (exact) mass is 356 g/mol. The number of likely N-dealkylation sites (tertiary alicyclic amines) is 1. The highest BCUT2D eigenvalue weighted by atomic mass is 32.1. The van der Waals surface area contributed by atoms with Gasteiger partial charge in [0.2, 0.25) is 5.13 Å². The standard InChI is InChI=1S/C16H20N8S/c1-11-7-13(22-16-23-19-10-25-16)21-15(20-11)12-3-2-6-24(8-12)9-14-17-4-5-18-14/h4-5,7,10,12H,2-3,6,8-9H2,1H3,(H,17,18)(H,20,21,22,23). The second-order valence-electron chi connectivity index (χ2n) is 6.23. The minimum atomic E-state index is 0.332. The van der Waals surface area contributed by atoms with Crippen molar-refractivity contribution in [3.63, 3.8) is 0 Å². The van der Waals surface area contributed by atoms with Gasteiger partial charge in [-0.3, -0.25) is 4.90 Å². The Morgan fingerprint density at radius 3 is 3.16 bits per heavy atom. The third-order valence-electron chi connectivity index (χ3n) is 4.27. The number of hydrogen-bond acceptors (Lipinski definition) is 8. The Balaban J connectivity index is 1.49. The van der Waals surface area contributed by atoms with Crippen LogP contribution in [-0.2, 0) is 6.54 Å². The Hall–Kier alpha value is -2.39. The quantitative estimate of drug-likeness (QED) is 0.725. The maximum Gasteiger partial charge on any atom is 0.210 e. The molecule has 1 aliphatic rings. The summed E-state index contributed by atoms with van der Waals surface area (Å²) in [6, 6.07) is 1.94. The summed E-state index contributed by atoms with van der Waals surface area (Å²) in [5, 5.41) is 11.8. The van der Waals surface area contributed by atoms with Crippen molar-refractivity contribution in [2.24, 2.45) is 0 Å². The van der Waals surface area contributed by atoms with Gasteiger partial charge in [-0.15, -0.1) is 10.2 Å². The number of aromatic nitrogens is 6. The van der Waals surface area contributed by atoms with E-state index in [1.165, 1.54) is 11.3 Å². The Morgan fingerprint density at radius 1 is 1.40 bits per heavy atom. The normalized spacial score (nSPS) is 18.4. The van der Waals surface area contributed by atoms with Crippen molar-refractivity contribution in [2.75, 3.05) is 18.4 Å². The molecule has 1 saturated heterocycles. The topological polar surface area (TPSA) is 95.5 Å². The van der Waals surface area contributed by atoms with Crippen LogP contribution in [0.2, 0.25) is 0 Å². The van der Waals surface area contributed by atoms with Crippen LogP contribution in [0.4, 0.5) is 10.9 Å². The summed E-state index contributed by atoms with van der Waals surface area (Å²) >= 11 is 1.46. The first-order chi connectivity index (χ1) is 12.3. The fourth-order valence-electron chi connectivity index (χ4n) is 3.18. The van der Waals surface area contributed by atoms with E-state index in [9.17, 15) is 0 Å². The molecule has 1 fully saturated rings. The Bertz CT molecular complexity index is 802. The zero-order chi connectivity index (χ0) is 17.1. The van der Waals surface area contributed by atoms with Crippen molar-refractivity contribution in [3.8, 4) is 0 Å². The van der Waals surface area contributed by atoms with Gasteiger partial charge in [0.25, 0.3) is 0 Å². The van der Waals surface area contributed by atoms with Crippen molar-refractivity contribution in [1.82, 2.24) is 35.0 Å². The zero-order valence-electron chi connectivity index (χ0n) is 14.0. The maximum absolute atomic E-state index is 4.73. The van der Waals surface area contributed by atoms with E-state index in [4.69, 9.17) is 4.98 Å².